The molecule has 0 radical (unpaired) electrons. The van der Waals surface area contributed by atoms with Gasteiger partial charge >= 0.3 is 5.97 Å². The molecule has 0 saturated heterocycles. The highest BCUT2D eigenvalue weighted by atomic mass is 16.5. The van der Waals surface area contributed by atoms with Crippen LogP contribution in [-0.2, 0) is 16.0 Å². The fraction of sp³-hybridized carbons (Fsp3) is 0.667. The van der Waals surface area contributed by atoms with E-state index in [0.717, 1.165) is 18.7 Å². The Labute approximate surface area is 110 Å². The highest BCUT2D eigenvalue weighted by Gasteiger charge is 2.28. The van der Waals surface area contributed by atoms with Crippen LogP contribution < -0.4 is 0 Å². The Kier molecular flexibility index (Phi) is 4.13. The lowest BCUT2D eigenvalue weighted by Gasteiger charge is -2.13. The fourth-order valence-electron chi connectivity index (χ4n) is 1.75. The van der Waals surface area contributed by atoms with Crippen molar-refractivity contribution in [3.8, 4) is 0 Å². The van der Waals surface area contributed by atoms with Gasteiger partial charge in [0.25, 0.3) is 0 Å². The van der Waals surface area contributed by atoms with Crippen LogP contribution in [0.25, 0.3) is 0 Å². The van der Waals surface area contributed by atoms with E-state index in [-0.39, 0.29) is 18.9 Å². The molecule has 1 fully saturated rings. The molecular weight excluding hydrogens is 250 g/mol. The van der Waals surface area contributed by atoms with E-state index >= 15 is 0 Å². The van der Waals surface area contributed by atoms with Crippen molar-refractivity contribution in [3.63, 3.8) is 0 Å². The quantitative estimate of drug-likeness (QED) is 0.785. The third-order valence-corrected chi connectivity index (χ3v) is 3.01. The maximum Gasteiger partial charge on any atom is 0.323 e. The zero-order valence-corrected chi connectivity index (χ0v) is 10.8. The van der Waals surface area contributed by atoms with Crippen molar-refractivity contribution < 1.29 is 19.2 Å². The maximum atomic E-state index is 11.6. The van der Waals surface area contributed by atoms with Gasteiger partial charge in [-0.2, -0.15) is 4.98 Å². The van der Waals surface area contributed by atoms with E-state index in [0.29, 0.717) is 24.7 Å². The van der Waals surface area contributed by atoms with Crippen LogP contribution in [0.3, 0.4) is 0 Å². The molecule has 1 aliphatic carbocycles. The van der Waals surface area contributed by atoms with Crippen molar-refractivity contribution in [1.29, 1.82) is 0 Å². The zero-order chi connectivity index (χ0) is 13.8. The molecule has 1 aliphatic rings. The number of carbonyl (C=O) groups is 2. The van der Waals surface area contributed by atoms with Gasteiger partial charge in [0.2, 0.25) is 11.8 Å². The van der Waals surface area contributed by atoms with Crippen molar-refractivity contribution >= 4 is 11.9 Å². The topological polar surface area (TPSA) is 96.5 Å². The number of hydrogen-bond acceptors (Lipinski definition) is 5. The first-order valence-electron chi connectivity index (χ1n) is 6.34. The molecule has 7 nitrogen and oxygen atoms in total. The molecule has 0 atom stereocenters. The van der Waals surface area contributed by atoms with E-state index in [2.05, 4.69) is 10.1 Å². The van der Waals surface area contributed by atoms with Crippen molar-refractivity contribution in [1.82, 2.24) is 15.0 Å². The number of carboxylic acid groups (broad SMARTS) is 1. The van der Waals surface area contributed by atoms with Gasteiger partial charge in [-0.25, -0.2) is 0 Å². The Hall–Kier alpha value is -1.92. The SMILES string of the molecule is CN(CC(=O)O)C(=O)CCCc1nc(C2CC2)no1. The summed E-state index contributed by atoms with van der Waals surface area (Å²) in [7, 11) is 1.48. The summed E-state index contributed by atoms with van der Waals surface area (Å²) in [6.45, 7) is -0.273. The molecule has 1 aromatic heterocycles. The first-order chi connectivity index (χ1) is 9.06. The van der Waals surface area contributed by atoms with Crippen molar-refractivity contribution in [2.24, 2.45) is 0 Å². The number of rotatable bonds is 7. The molecule has 1 amide bonds. The maximum absolute atomic E-state index is 11.6. The van der Waals surface area contributed by atoms with Crippen LogP contribution in [0.4, 0.5) is 0 Å². The van der Waals surface area contributed by atoms with E-state index in [1.54, 1.807) is 0 Å². The molecule has 104 valence electrons. The minimum atomic E-state index is -1.01. The lowest BCUT2D eigenvalue weighted by atomic mass is 10.2. The molecule has 19 heavy (non-hydrogen) atoms. The van der Waals surface area contributed by atoms with Gasteiger partial charge in [-0.1, -0.05) is 5.16 Å². The van der Waals surface area contributed by atoms with E-state index in [1.165, 1.54) is 11.9 Å². The van der Waals surface area contributed by atoms with E-state index in [9.17, 15) is 9.59 Å². The van der Waals surface area contributed by atoms with Crippen LogP contribution in [0.15, 0.2) is 4.52 Å². The molecule has 0 bridgehead atoms. The second-order valence-electron chi connectivity index (χ2n) is 4.82. The monoisotopic (exact) mass is 267 g/mol. The van der Waals surface area contributed by atoms with Crippen LogP contribution in [0.2, 0.25) is 0 Å². The highest BCUT2D eigenvalue weighted by Crippen LogP contribution is 2.38. The van der Waals surface area contributed by atoms with Gasteiger partial charge in [0.15, 0.2) is 5.82 Å². The number of nitrogens with zero attached hydrogens (tertiary/aromatic N) is 3. The number of amides is 1. The number of aliphatic carboxylic acids is 1. The highest BCUT2D eigenvalue weighted by molar-refractivity contribution is 5.80. The van der Waals surface area contributed by atoms with Gasteiger partial charge in [0, 0.05) is 25.8 Å². The Balaban J connectivity index is 1.70. The molecule has 7 heteroatoms. The number of aromatic nitrogens is 2. The summed E-state index contributed by atoms with van der Waals surface area (Å²) < 4.78 is 5.09. The summed E-state index contributed by atoms with van der Waals surface area (Å²) in [4.78, 5) is 27.5. The summed E-state index contributed by atoms with van der Waals surface area (Å²) in [5.74, 6) is 0.576. The predicted octanol–water partition coefficient (Wildman–Crippen LogP) is 0.813. The minimum absolute atomic E-state index is 0.190. The number of carboxylic acids is 1. The zero-order valence-electron chi connectivity index (χ0n) is 10.8. The Morgan fingerprint density at radius 3 is 2.84 bits per heavy atom. The number of likely N-dealkylation sites (N-methyl/N-ethyl adjacent to an activating group) is 1. The lowest BCUT2D eigenvalue weighted by Crippen LogP contribution is -2.31. The molecule has 2 rings (SSSR count). The van der Waals surface area contributed by atoms with E-state index < -0.39 is 5.97 Å². The number of aryl methyl sites for hydroxylation is 1. The van der Waals surface area contributed by atoms with Crippen LogP contribution in [-0.4, -0.2) is 45.6 Å². The third kappa shape index (κ3) is 4.04. The fourth-order valence-corrected chi connectivity index (χ4v) is 1.75. The molecule has 0 unspecified atom stereocenters. The summed E-state index contributed by atoms with van der Waals surface area (Å²) in [5.41, 5.74) is 0. The molecule has 0 aliphatic heterocycles. The average molecular weight is 267 g/mol. The standard InChI is InChI=1S/C12H17N3O4/c1-15(7-11(17)18)10(16)4-2-3-9-13-12(14-19-9)8-5-6-8/h8H,2-7H2,1H3,(H,17,18). The summed E-state index contributed by atoms with van der Waals surface area (Å²) in [6, 6.07) is 0. The molecule has 1 heterocycles. The second kappa shape index (κ2) is 5.81. The number of hydrogen-bond donors (Lipinski definition) is 1. The number of carbonyl (C=O) groups excluding carboxylic acids is 1. The lowest BCUT2D eigenvalue weighted by molar-refractivity contribution is -0.143. The van der Waals surface area contributed by atoms with Crippen LogP contribution in [0, 0.1) is 0 Å². The summed E-state index contributed by atoms with van der Waals surface area (Å²) in [6.07, 6.45) is 3.65. The van der Waals surface area contributed by atoms with Crippen molar-refractivity contribution in [2.45, 2.75) is 38.0 Å². The van der Waals surface area contributed by atoms with Crippen LogP contribution in [0.5, 0.6) is 0 Å². The van der Waals surface area contributed by atoms with Gasteiger partial charge in [0.1, 0.15) is 6.54 Å². The van der Waals surface area contributed by atoms with Crippen molar-refractivity contribution in [3.05, 3.63) is 11.7 Å². The first kappa shape index (κ1) is 13.5. The Bertz CT molecular complexity index is 467. The Morgan fingerprint density at radius 1 is 1.47 bits per heavy atom. The van der Waals surface area contributed by atoms with E-state index in [4.69, 9.17) is 9.63 Å². The van der Waals surface area contributed by atoms with Gasteiger partial charge in [-0.15, -0.1) is 0 Å². The summed E-state index contributed by atoms with van der Waals surface area (Å²) >= 11 is 0. The van der Waals surface area contributed by atoms with Crippen LogP contribution in [0.1, 0.15) is 43.3 Å². The van der Waals surface area contributed by atoms with Crippen LogP contribution >= 0.6 is 0 Å². The van der Waals surface area contributed by atoms with Gasteiger partial charge in [-0.3, -0.25) is 9.59 Å². The largest absolute Gasteiger partial charge is 0.480 e. The van der Waals surface area contributed by atoms with E-state index in [1.807, 2.05) is 0 Å². The van der Waals surface area contributed by atoms with Gasteiger partial charge in [-0.05, 0) is 19.3 Å². The first-order valence-corrected chi connectivity index (χ1v) is 6.34. The van der Waals surface area contributed by atoms with Gasteiger partial charge in [0.05, 0.1) is 0 Å². The Morgan fingerprint density at radius 2 is 2.21 bits per heavy atom. The molecular formula is C12H17N3O4. The molecule has 1 aromatic rings. The van der Waals surface area contributed by atoms with Crippen molar-refractivity contribution in [2.75, 3.05) is 13.6 Å². The normalized spacial score (nSPS) is 14.4. The smallest absolute Gasteiger partial charge is 0.323 e. The molecule has 0 spiro atoms. The second-order valence-corrected chi connectivity index (χ2v) is 4.82. The van der Waals surface area contributed by atoms with Gasteiger partial charge < -0.3 is 14.5 Å². The third-order valence-electron chi connectivity index (χ3n) is 3.01. The average Bonchev–Trinajstić information content (AvgIpc) is 3.09. The predicted molar refractivity (Wildman–Crippen MR) is 64.5 cm³/mol. The molecule has 1 N–H and O–H groups in total. The summed E-state index contributed by atoms with van der Waals surface area (Å²) in [5, 5.41) is 12.5. The molecule has 0 aromatic carbocycles. The molecule has 1 saturated carbocycles. The minimum Gasteiger partial charge on any atom is -0.480 e.